The normalized spacial score (nSPS) is 26.4. The maximum atomic E-state index is 14.0. The number of halogens is 2. The van der Waals surface area contributed by atoms with Crippen molar-refractivity contribution in [2.24, 2.45) is 5.92 Å². The number of carbonyl (C=O) groups is 1. The summed E-state index contributed by atoms with van der Waals surface area (Å²) in [7, 11) is 0. The van der Waals surface area contributed by atoms with Crippen LogP contribution in [0.15, 0.2) is 30.9 Å². The van der Waals surface area contributed by atoms with Crippen LogP contribution in [0.1, 0.15) is 36.8 Å². The van der Waals surface area contributed by atoms with E-state index in [2.05, 4.69) is 10.1 Å². The molecule has 1 aromatic heterocycles. The predicted molar refractivity (Wildman–Crippen MR) is 87.1 cm³/mol. The first-order chi connectivity index (χ1) is 11.6. The maximum absolute atomic E-state index is 14.0. The summed E-state index contributed by atoms with van der Waals surface area (Å²) in [6, 6.07) is 4.84. The van der Waals surface area contributed by atoms with Gasteiger partial charge in [-0.3, -0.25) is 4.79 Å². The van der Waals surface area contributed by atoms with Gasteiger partial charge in [0, 0.05) is 35.5 Å². The third-order valence-corrected chi connectivity index (χ3v) is 5.33. The lowest BCUT2D eigenvalue weighted by Gasteiger charge is -2.32. The van der Waals surface area contributed by atoms with Crippen LogP contribution in [0.25, 0.3) is 0 Å². The molecule has 0 spiro atoms. The van der Waals surface area contributed by atoms with Crippen LogP contribution in [-0.2, 0) is 4.79 Å². The summed E-state index contributed by atoms with van der Waals surface area (Å²) in [6.45, 7) is 1.38. The van der Waals surface area contributed by atoms with Crippen molar-refractivity contribution in [2.45, 2.75) is 31.2 Å². The molecular formula is C17H18ClFN4O. The fourth-order valence-corrected chi connectivity index (χ4v) is 3.97. The fourth-order valence-electron chi connectivity index (χ4n) is 3.66. The Morgan fingerprint density at radius 2 is 2.25 bits per heavy atom. The molecule has 5 nitrogen and oxygen atoms in total. The number of benzene rings is 1. The number of carbonyl (C=O) groups excluding carboxylic acids is 1. The van der Waals surface area contributed by atoms with Gasteiger partial charge in [-0.2, -0.15) is 5.10 Å². The Morgan fingerprint density at radius 3 is 3.00 bits per heavy atom. The molecule has 2 heterocycles. The van der Waals surface area contributed by atoms with Crippen LogP contribution in [0.4, 0.5) is 4.39 Å². The topological polar surface area (TPSA) is 51.0 Å². The summed E-state index contributed by atoms with van der Waals surface area (Å²) in [5, 5.41) is 4.59. The first kappa shape index (κ1) is 15.6. The lowest BCUT2D eigenvalue weighted by Crippen LogP contribution is -2.41. The van der Waals surface area contributed by atoms with Gasteiger partial charge in [-0.15, -0.1) is 0 Å². The van der Waals surface area contributed by atoms with Gasteiger partial charge in [-0.25, -0.2) is 14.1 Å². The zero-order valence-corrected chi connectivity index (χ0v) is 13.9. The maximum Gasteiger partial charge on any atom is 0.226 e. The average Bonchev–Trinajstić information content (AvgIpc) is 3.16. The second kappa shape index (κ2) is 6.16. The SMILES string of the molecule is O=C(C1CC1c1c(F)cccc1Cl)N1CCCC(n2cncn2)C1. The first-order valence-corrected chi connectivity index (χ1v) is 8.59. The number of amides is 1. The van der Waals surface area contributed by atoms with Crippen LogP contribution in [0.2, 0.25) is 5.02 Å². The van der Waals surface area contributed by atoms with Crippen LogP contribution in [0.5, 0.6) is 0 Å². The molecule has 2 aromatic rings. The molecule has 0 N–H and O–H groups in total. The van der Waals surface area contributed by atoms with E-state index in [9.17, 15) is 9.18 Å². The van der Waals surface area contributed by atoms with Crippen LogP contribution in [0, 0.1) is 11.7 Å². The van der Waals surface area contributed by atoms with Gasteiger partial charge in [0.25, 0.3) is 0 Å². The van der Waals surface area contributed by atoms with E-state index in [1.807, 2.05) is 9.58 Å². The van der Waals surface area contributed by atoms with Crippen molar-refractivity contribution >= 4 is 17.5 Å². The second-order valence-electron chi connectivity index (χ2n) is 6.54. The van der Waals surface area contributed by atoms with Crippen molar-refractivity contribution in [3.8, 4) is 0 Å². The van der Waals surface area contributed by atoms with Crippen molar-refractivity contribution in [1.82, 2.24) is 19.7 Å². The van der Waals surface area contributed by atoms with E-state index < -0.39 is 0 Å². The Labute approximate surface area is 144 Å². The van der Waals surface area contributed by atoms with Gasteiger partial charge >= 0.3 is 0 Å². The standard InChI is InChI=1S/C17H18ClFN4O/c18-14-4-1-5-15(19)16(14)12-7-13(12)17(24)22-6-2-3-11(8-22)23-10-20-9-21-23/h1,4-5,9-13H,2-3,6-8H2. The molecule has 1 amide bonds. The number of rotatable bonds is 3. The smallest absolute Gasteiger partial charge is 0.226 e. The summed E-state index contributed by atoms with van der Waals surface area (Å²) in [6.07, 6.45) is 5.80. The second-order valence-corrected chi connectivity index (χ2v) is 6.95. The molecule has 1 saturated heterocycles. The van der Waals surface area contributed by atoms with E-state index in [0.29, 0.717) is 23.6 Å². The lowest BCUT2D eigenvalue weighted by atomic mass is 10.0. The molecule has 126 valence electrons. The summed E-state index contributed by atoms with van der Waals surface area (Å²) in [5.41, 5.74) is 0.488. The molecule has 0 bridgehead atoms. The molecule has 2 aliphatic rings. The zero-order chi connectivity index (χ0) is 16.7. The van der Waals surface area contributed by atoms with Crippen LogP contribution in [0.3, 0.4) is 0 Å². The predicted octanol–water partition coefficient (Wildman–Crippen LogP) is 3.04. The molecule has 3 atom stereocenters. The molecule has 1 saturated carbocycles. The zero-order valence-electron chi connectivity index (χ0n) is 13.1. The van der Waals surface area contributed by atoms with Crippen molar-refractivity contribution in [3.63, 3.8) is 0 Å². The molecule has 1 aromatic carbocycles. The van der Waals surface area contributed by atoms with E-state index in [4.69, 9.17) is 11.6 Å². The van der Waals surface area contributed by atoms with Crippen molar-refractivity contribution < 1.29 is 9.18 Å². The molecule has 2 fully saturated rings. The number of hydrogen-bond donors (Lipinski definition) is 0. The lowest BCUT2D eigenvalue weighted by molar-refractivity contribution is -0.134. The average molecular weight is 349 g/mol. The summed E-state index contributed by atoms with van der Waals surface area (Å²) < 4.78 is 15.9. The third kappa shape index (κ3) is 2.79. The Bertz CT molecular complexity index is 731. The Balaban J connectivity index is 1.45. The molecule has 24 heavy (non-hydrogen) atoms. The quantitative estimate of drug-likeness (QED) is 0.856. The number of nitrogens with zero attached hydrogens (tertiary/aromatic N) is 4. The highest BCUT2D eigenvalue weighted by Crippen LogP contribution is 2.51. The molecule has 7 heteroatoms. The molecular weight excluding hydrogens is 331 g/mol. The minimum Gasteiger partial charge on any atom is -0.340 e. The molecule has 4 rings (SSSR count). The van der Waals surface area contributed by atoms with E-state index in [-0.39, 0.29) is 29.6 Å². The van der Waals surface area contributed by atoms with E-state index in [0.717, 1.165) is 19.4 Å². The number of aromatic nitrogens is 3. The van der Waals surface area contributed by atoms with Gasteiger partial charge in [0.15, 0.2) is 0 Å². The highest BCUT2D eigenvalue weighted by atomic mass is 35.5. The van der Waals surface area contributed by atoms with Gasteiger partial charge in [0.2, 0.25) is 5.91 Å². The van der Waals surface area contributed by atoms with Crippen molar-refractivity contribution in [2.75, 3.05) is 13.1 Å². The van der Waals surface area contributed by atoms with Crippen molar-refractivity contribution in [3.05, 3.63) is 47.3 Å². The largest absolute Gasteiger partial charge is 0.340 e. The minimum atomic E-state index is -0.318. The number of hydrogen-bond acceptors (Lipinski definition) is 3. The van der Waals surface area contributed by atoms with Crippen LogP contribution >= 0.6 is 11.6 Å². The fraction of sp³-hybridized carbons (Fsp3) is 0.471. The van der Waals surface area contributed by atoms with E-state index >= 15 is 0 Å². The Morgan fingerprint density at radius 1 is 1.38 bits per heavy atom. The highest BCUT2D eigenvalue weighted by molar-refractivity contribution is 6.31. The monoisotopic (exact) mass is 348 g/mol. The molecule has 0 radical (unpaired) electrons. The number of likely N-dealkylation sites (tertiary alicyclic amines) is 1. The van der Waals surface area contributed by atoms with Gasteiger partial charge in [0.1, 0.15) is 18.5 Å². The molecule has 3 unspecified atom stereocenters. The summed E-state index contributed by atoms with van der Waals surface area (Å²) in [4.78, 5) is 18.7. The number of piperidine rings is 1. The van der Waals surface area contributed by atoms with Gasteiger partial charge in [-0.05, 0) is 31.4 Å². The third-order valence-electron chi connectivity index (χ3n) is 5.00. The van der Waals surface area contributed by atoms with Gasteiger partial charge < -0.3 is 4.90 Å². The van der Waals surface area contributed by atoms with Crippen LogP contribution < -0.4 is 0 Å². The molecule has 1 aliphatic heterocycles. The summed E-state index contributed by atoms with van der Waals surface area (Å²) in [5.74, 6) is -0.474. The molecule has 1 aliphatic carbocycles. The summed E-state index contributed by atoms with van der Waals surface area (Å²) >= 11 is 6.13. The van der Waals surface area contributed by atoms with Gasteiger partial charge in [0.05, 0.1) is 6.04 Å². The highest BCUT2D eigenvalue weighted by Gasteiger charge is 2.48. The van der Waals surface area contributed by atoms with Gasteiger partial charge in [-0.1, -0.05) is 17.7 Å². The first-order valence-electron chi connectivity index (χ1n) is 8.22. The van der Waals surface area contributed by atoms with Crippen molar-refractivity contribution in [1.29, 1.82) is 0 Å². The van der Waals surface area contributed by atoms with E-state index in [1.54, 1.807) is 18.5 Å². The van der Waals surface area contributed by atoms with E-state index in [1.165, 1.54) is 12.4 Å². The Hall–Kier alpha value is -1.95. The minimum absolute atomic E-state index is 0.0991. The Kier molecular flexibility index (Phi) is 4.00. The van der Waals surface area contributed by atoms with Crippen LogP contribution in [-0.4, -0.2) is 38.7 Å².